The molecule has 61 heavy (non-hydrogen) atoms. The van der Waals surface area contributed by atoms with Gasteiger partial charge in [-0.2, -0.15) is 0 Å². The van der Waals surface area contributed by atoms with Gasteiger partial charge in [-0.1, -0.05) is 173 Å². The van der Waals surface area contributed by atoms with Crippen LogP contribution in [0.3, 0.4) is 0 Å². The maximum Gasteiger partial charge on any atom is 0.193 e. The van der Waals surface area contributed by atoms with Gasteiger partial charge in [0.05, 0.1) is 0 Å². The van der Waals surface area contributed by atoms with Gasteiger partial charge in [0.25, 0.3) is 0 Å². The first kappa shape index (κ1) is 40.8. The maximum atomic E-state index is 14.9. The van der Waals surface area contributed by atoms with E-state index in [1.807, 2.05) is 133 Å². The Hall–Kier alpha value is -6.93. The molecule has 0 radical (unpaired) electrons. The third-order valence-electron chi connectivity index (χ3n) is 12.2. The van der Waals surface area contributed by atoms with Gasteiger partial charge in [-0.15, -0.1) is 5.73 Å². The highest BCUT2D eigenvalue weighted by molar-refractivity contribution is 6.14. The van der Waals surface area contributed by atoms with Crippen molar-refractivity contribution in [2.75, 3.05) is 0 Å². The molecule has 0 saturated heterocycles. The van der Waals surface area contributed by atoms with Gasteiger partial charge in [0.2, 0.25) is 0 Å². The molecule has 8 rings (SSSR count). The second-order valence-corrected chi connectivity index (χ2v) is 16.6. The molecule has 0 N–H and O–H groups in total. The van der Waals surface area contributed by atoms with E-state index in [0.717, 1.165) is 71.1 Å². The summed E-state index contributed by atoms with van der Waals surface area (Å²) in [5.41, 5.74) is 14.8. The minimum absolute atomic E-state index is 0.0112. The van der Waals surface area contributed by atoms with Crippen LogP contribution in [-0.4, -0.2) is 17.3 Å². The molecule has 1 fully saturated rings. The van der Waals surface area contributed by atoms with Gasteiger partial charge in [0.1, 0.15) is 0 Å². The first-order valence-corrected chi connectivity index (χ1v) is 21.4. The van der Waals surface area contributed by atoms with E-state index in [2.05, 4.69) is 63.4 Å². The molecule has 2 aliphatic rings. The molecule has 0 heterocycles. The summed E-state index contributed by atoms with van der Waals surface area (Å²) in [6, 6.07) is 49.3. The summed E-state index contributed by atoms with van der Waals surface area (Å²) in [6.07, 6.45) is 10.5. The lowest BCUT2D eigenvalue weighted by molar-refractivity contribution is 0.102. The Kier molecular flexibility index (Phi) is 11.9. The van der Waals surface area contributed by atoms with Crippen molar-refractivity contribution in [2.24, 2.45) is 5.92 Å². The van der Waals surface area contributed by atoms with Crippen LogP contribution in [0.25, 0.3) is 11.1 Å². The lowest BCUT2D eigenvalue weighted by Gasteiger charge is -2.32. The van der Waals surface area contributed by atoms with Gasteiger partial charge in [0.15, 0.2) is 17.3 Å². The molecule has 0 amide bonds. The molecular formula is C58H50O3. The van der Waals surface area contributed by atoms with Crippen LogP contribution >= 0.6 is 0 Å². The van der Waals surface area contributed by atoms with Gasteiger partial charge < -0.3 is 0 Å². The number of carbonyl (C=O) groups excluding carboxylic acids is 3. The predicted molar refractivity (Wildman–Crippen MR) is 249 cm³/mol. The SMILES string of the molecule is C=C=C(c1ccccc1)c1cccc(C(=O)c2cc(C(=O)c3cccc(C(=C4CC4)c4ccccc4)c3)cc(C(C)(CCC)c3cccc(C(=O)C4=CCC(C)C=C4)c3)c2)c1. The zero-order valence-corrected chi connectivity index (χ0v) is 35.2. The zero-order valence-electron chi connectivity index (χ0n) is 35.2. The average molecular weight is 795 g/mol. The standard InChI is InChI=1S/C58H50O3/c1-5-32-58(4,51-25-15-24-48(36-51)55(59)43-28-26-39(3)27-29-43)52-37-49(56(60)46-22-13-20-44(33-46)53(6-2)40-16-9-7-10-17-40)35-50(38-52)57(61)47-23-14-21-45(34-47)54(42-30-31-42)41-18-11-8-12-19-41/h7-26,28-29,33-39H,2,5,27,30-32H2,1,3-4H3. The Labute approximate surface area is 360 Å². The van der Waals surface area contributed by atoms with E-state index in [-0.39, 0.29) is 17.3 Å². The number of Topliss-reactive ketones (excluding diaryl/α,β-unsaturated/α-hetero) is 1. The fourth-order valence-electron chi connectivity index (χ4n) is 8.66. The average Bonchev–Trinajstić information content (AvgIpc) is 4.15. The van der Waals surface area contributed by atoms with Crippen LogP contribution in [0.1, 0.15) is 128 Å². The second kappa shape index (κ2) is 17.7. The first-order valence-electron chi connectivity index (χ1n) is 21.4. The van der Waals surface area contributed by atoms with E-state index >= 15 is 0 Å². The Balaban J connectivity index is 1.24. The third kappa shape index (κ3) is 8.71. The van der Waals surface area contributed by atoms with Gasteiger partial charge in [-0.05, 0) is 107 Å². The summed E-state index contributed by atoms with van der Waals surface area (Å²) < 4.78 is 0. The van der Waals surface area contributed by atoms with Crippen LogP contribution in [-0.2, 0) is 5.41 Å². The molecule has 0 aliphatic heterocycles. The summed E-state index contributed by atoms with van der Waals surface area (Å²) >= 11 is 0. The normalized spacial score (nSPS) is 15.2. The van der Waals surface area contributed by atoms with E-state index in [1.165, 1.54) is 11.1 Å². The molecule has 0 spiro atoms. The molecule has 6 aromatic rings. The van der Waals surface area contributed by atoms with Crippen molar-refractivity contribution in [1.82, 2.24) is 0 Å². The molecular weight excluding hydrogens is 745 g/mol. The zero-order chi connectivity index (χ0) is 42.5. The molecule has 300 valence electrons. The minimum Gasteiger partial charge on any atom is -0.289 e. The van der Waals surface area contributed by atoms with Gasteiger partial charge in [0, 0.05) is 44.4 Å². The summed E-state index contributed by atoms with van der Waals surface area (Å²) in [7, 11) is 0. The quantitative estimate of drug-likeness (QED) is 0.0815. The summed E-state index contributed by atoms with van der Waals surface area (Å²) in [5.74, 6) is 0.0375. The van der Waals surface area contributed by atoms with Crippen LogP contribution in [0, 0.1) is 5.92 Å². The van der Waals surface area contributed by atoms with Crippen molar-refractivity contribution in [1.29, 1.82) is 0 Å². The van der Waals surface area contributed by atoms with Crippen LogP contribution < -0.4 is 0 Å². The smallest absolute Gasteiger partial charge is 0.193 e. The summed E-state index contributed by atoms with van der Waals surface area (Å²) in [4.78, 5) is 43.6. The monoisotopic (exact) mass is 794 g/mol. The topological polar surface area (TPSA) is 51.2 Å². The highest BCUT2D eigenvalue weighted by Gasteiger charge is 2.32. The lowest BCUT2D eigenvalue weighted by Crippen LogP contribution is -2.25. The first-order chi connectivity index (χ1) is 29.7. The van der Waals surface area contributed by atoms with Crippen molar-refractivity contribution in [3.63, 3.8) is 0 Å². The molecule has 3 heteroatoms. The Morgan fingerprint density at radius 3 is 1.67 bits per heavy atom. The van der Waals surface area contributed by atoms with Crippen molar-refractivity contribution < 1.29 is 14.4 Å². The van der Waals surface area contributed by atoms with E-state index in [0.29, 0.717) is 39.3 Å². The van der Waals surface area contributed by atoms with Gasteiger partial charge in [-0.3, -0.25) is 14.4 Å². The van der Waals surface area contributed by atoms with Crippen molar-refractivity contribution >= 4 is 28.5 Å². The fraction of sp³-hybridized carbons (Fsp3) is 0.172. The van der Waals surface area contributed by atoms with Crippen LogP contribution in [0.15, 0.2) is 193 Å². The minimum atomic E-state index is -0.645. The predicted octanol–water partition coefficient (Wildman–Crippen LogP) is 13.8. The van der Waals surface area contributed by atoms with Crippen LogP contribution in [0.4, 0.5) is 0 Å². The Morgan fingerprint density at radius 1 is 0.590 bits per heavy atom. The number of hydrogen-bond donors (Lipinski definition) is 0. The van der Waals surface area contributed by atoms with E-state index in [4.69, 9.17) is 0 Å². The lowest BCUT2D eigenvalue weighted by atomic mass is 9.71. The van der Waals surface area contributed by atoms with Crippen molar-refractivity contribution in [3.05, 3.63) is 255 Å². The molecule has 2 atom stereocenters. The van der Waals surface area contributed by atoms with Crippen LogP contribution in [0.2, 0.25) is 0 Å². The Bertz CT molecular complexity index is 2800. The summed E-state index contributed by atoms with van der Waals surface area (Å²) in [6.45, 7) is 10.4. The number of ketones is 3. The van der Waals surface area contributed by atoms with E-state index in [9.17, 15) is 14.4 Å². The molecule has 1 saturated carbocycles. The highest BCUT2D eigenvalue weighted by atomic mass is 16.1. The molecule has 3 nitrogen and oxygen atoms in total. The number of allylic oxidation sites excluding steroid dienone is 5. The number of carbonyl (C=O) groups is 3. The number of benzene rings is 6. The molecule has 0 aromatic heterocycles. The molecule has 2 aliphatic carbocycles. The highest BCUT2D eigenvalue weighted by Crippen LogP contribution is 2.41. The van der Waals surface area contributed by atoms with Crippen LogP contribution in [0.5, 0.6) is 0 Å². The molecule has 0 bridgehead atoms. The Morgan fingerprint density at radius 2 is 1.10 bits per heavy atom. The maximum absolute atomic E-state index is 14.9. The largest absolute Gasteiger partial charge is 0.289 e. The van der Waals surface area contributed by atoms with Crippen molar-refractivity contribution in [3.8, 4) is 0 Å². The summed E-state index contributed by atoms with van der Waals surface area (Å²) in [5, 5.41) is 0. The van der Waals surface area contributed by atoms with E-state index < -0.39 is 5.41 Å². The third-order valence-corrected chi connectivity index (χ3v) is 12.2. The number of hydrogen-bond acceptors (Lipinski definition) is 3. The fourth-order valence-corrected chi connectivity index (χ4v) is 8.66. The van der Waals surface area contributed by atoms with Gasteiger partial charge in [-0.25, -0.2) is 0 Å². The molecule has 2 unspecified atom stereocenters. The van der Waals surface area contributed by atoms with Gasteiger partial charge >= 0.3 is 0 Å². The second-order valence-electron chi connectivity index (χ2n) is 16.6. The molecule has 6 aromatic carbocycles. The number of rotatable bonds is 14. The van der Waals surface area contributed by atoms with Crippen molar-refractivity contribution in [2.45, 2.75) is 58.3 Å². The van der Waals surface area contributed by atoms with E-state index in [1.54, 1.807) is 6.07 Å².